The first-order valence-corrected chi connectivity index (χ1v) is 8.89. The molecule has 0 radical (unpaired) electrons. The van der Waals surface area contributed by atoms with Gasteiger partial charge in [0.05, 0.1) is 0 Å². The third-order valence-electron chi connectivity index (χ3n) is 4.70. The van der Waals surface area contributed by atoms with Crippen molar-refractivity contribution in [2.75, 3.05) is 31.1 Å². The van der Waals surface area contributed by atoms with Crippen LogP contribution in [0.15, 0.2) is 30.5 Å². The predicted molar refractivity (Wildman–Crippen MR) is 99.8 cm³/mol. The van der Waals surface area contributed by atoms with Crippen LogP contribution in [0.2, 0.25) is 5.02 Å². The van der Waals surface area contributed by atoms with Gasteiger partial charge in [-0.05, 0) is 37.6 Å². The van der Waals surface area contributed by atoms with E-state index in [-0.39, 0.29) is 11.7 Å². The summed E-state index contributed by atoms with van der Waals surface area (Å²) in [6.07, 6.45) is 1.67. The van der Waals surface area contributed by atoms with Gasteiger partial charge in [-0.25, -0.2) is 9.50 Å². The summed E-state index contributed by atoms with van der Waals surface area (Å²) in [6, 6.07) is 7.73. The molecule has 134 valence electrons. The van der Waals surface area contributed by atoms with E-state index in [1.54, 1.807) is 15.6 Å². The summed E-state index contributed by atoms with van der Waals surface area (Å²) in [5.74, 6) is 0.484. The normalized spacial score (nSPS) is 14.9. The summed E-state index contributed by atoms with van der Waals surface area (Å²) >= 11 is 6.13. The molecule has 0 aliphatic carbocycles. The fraction of sp³-hybridized carbons (Fsp3) is 0.333. The SMILES string of the molecule is Cc1ccc(Cl)cc1N1CCN(C(=O)c2nc3nccc(C)n3n2)CC1. The Morgan fingerprint density at radius 1 is 1.12 bits per heavy atom. The molecule has 3 heterocycles. The van der Waals surface area contributed by atoms with E-state index in [4.69, 9.17) is 11.6 Å². The van der Waals surface area contributed by atoms with Crippen molar-refractivity contribution in [1.82, 2.24) is 24.5 Å². The molecule has 1 saturated heterocycles. The van der Waals surface area contributed by atoms with E-state index in [1.165, 1.54) is 5.56 Å². The third-order valence-corrected chi connectivity index (χ3v) is 4.94. The molecule has 0 unspecified atom stereocenters. The van der Waals surface area contributed by atoms with Crippen LogP contribution in [0.4, 0.5) is 5.69 Å². The van der Waals surface area contributed by atoms with Crippen molar-refractivity contribution in [3.8, 4) is 0 Å². The maximum Gasteiger partial charge on any atom is 0.293 e. The maximum absolute atomic E-state index is 12.8. The monoisotopic (exact) mass is 370 g/mol. The van der Waals surface area contributed by atoms with Crippen LogP contribution in [-0.4, -0.2) is 56.6 Å². The Morgan fingerprint density at radius 3 is 2.62 bits per heavy atom. The number of hydrogen-bond acceptors (Lipinski definition) is 5. The molecule has 0 spiro atoms. The summed E-state index contributed by atoms with van der Waals surface area (Å²) in [5.41, 5.74) is 3.19. The number of anilines is 1. The maximum atomic E-state index is 12.8. The highest BCUT2D eigenvalue weighted by Gasteiger charge is 2.26. The van der Waals surface area contributed by atoms with Gasteiger partial charge >= 0.3 is 0 Å². The van der Waals surface area contributed by atoms with Gasteiger partial charge in [-0.3, -0.25) is 4.79 Å². The lowest BCUT2D eigenvalue weighted by molar-refractivity contribution is 0.0734. The Hall–Kier alpha value is -2.67. The van der Waals surface area contributed by atoms with Crippen LogP contribution < -0.4 is 4.90 Å². The molecule has 1 amide bonds. The van der Waals surface area contributed by atoms with Crippen molar-refractivity contribution in [2.24, 2.45) is 0 Å². The Morgan fingerprint density at radius 2 is 1.88 bits per heavy atom. The highest BCUT2D eigenvalue weighted by Crippen LogP contribution is 2.25. The van der Waals surface area contributed by atoms with Crippen molar-refractivity contribution >= 4 is 29.0 Å². The van der Waals surface area contributed by atoms with E-state index in [1.807, 2.05) is 31.2 Å². The topological polar surface area (TPSA) is 66.6 Å². The van der Waals surface area contributed by atoms with Crippen LogP contribution in [0.25, 0.3) is 5.78 Å². The summed E-state index contributed by atoms with van der Waals surface area (Å²) in [5, 5.41) is 5.03. The number of rotatable bonds is 2. The number of benzene rings is 1. The number of aromatic nitrogens is 4. The van der Waals surface area contributed by atoms with Crippen molar-refractivity contribution in [1.29, 1.82) is 0 Å². The molecular formula is C18H19ClN6O. The molecule has 0 saturated carbocycles. The van der Waals surface area contributed by atoms with Crippen LogP contribution in [0.5, 0.6) is 0 Å². The lowest BCUT2D eigenvalue weighted by atomic mass is 10.1. The lowest BCUT2D eigenvalue weighted by Gasteiger charge is -2.36. The number of carbonyl (C=O) groups is 1. The number of nitrogens with zero attached hydrogens (tertiary/aromatic N) is 6. The molecule has 1 aliphatic heterocycles. The van der Waals surface area contributed by atoms with Gasteiger partial charge in [0.2, 0.25) is 5.82 Å². The third kappa shape index (κ3) is 2.99. The number of hydrogen-bond donors (Lipinski definition) is 0. The minimum atomic E-state index is -0.155. The first kappa shape index (κ1) is 16.8. The molecule has 0 atom stereocenters. The van der Waals surface area contributed by atoms with Gasteiger partial charge in [-0.15, -0.1) is 5.10 Å². The molecule has 3 aromatic rings. The number of piperazine rings is 1. The highest BCUT2D eigenvalue weighted by molar-refractivity contribution is 6.30. The van der Waals surface area contributed by atoms with Crippen LogP contribution in [0.1, 0.15) is 21.9 Å². The van der Waals surface area contributed by atoms with Gasteiger partial charge in [-0.1, -0.05) is 17.7 Å². The second kappa shape index (κ2) is 6.57. The quantitative estimate of drug-likeness (QED) is 0.692. The van der Waals surface area contributed by atoms with Crippen molar-refractivity contribution in [2.45, 2.75) is 13.8 Å². The van der Waals surface area contributed by atoms with Crippen molar-refractivity contribution in [3.05, 3.63) is 52.6 Å². The molecule has 1 aliphatic rings. The predicted octanol–water partition coefficient (Wildman–Crippen LogP) is 2.36. The zero-order valence-corrected chi connectivity index (χ0v) is 15.4. The van der Waals surface area contributed by atoms with Crippen LogP contribution >= 0.6 is 11.6 Å². The molecule has 8 heteroatoms. The van der Waals surface area contributed by atoms with E-state index in [2.05, 4.69) is 26.9 Å². The molecule has 0 N–H and O–H groups in total. The van der Waals surface area contributed by atoms with Crippen LogP contribution in [0.3, 0.4) is 0 Å². The second-order valence-corrected chi connectivity index (χ2v) is 6.88. The number of carbonyl (C=O) groups excluding carboxylic acids is 1. The van der Waals surface area contributed by atoms with Gasteiger partial charge in [-0.2, -0.15) is 4.98 Å². The van der Waals surface area contributed by atoms with E-state index in [0.717, 1.165) is 29.5 Å². The largest absolute Gasteiger partial charge is 0.368 e. The molecule has 26 heavy (non-hydrogen) atoms. The standard InChI is InChI=1S/C18H19ClN6O/c1-12-3-4-14(19)11-15(12)23-7-9-24(10-8-23)17(26)16-21-18-20-6-5-13(2)25(18)22-16/h3-6,11H,7-10H2,1-2H3. The minimum Gasteiger partial charge on any atom is -0.368 e. The second-order valence-electron chi connectivity index (χ2n) is 6.44. The van der Waals surface area contributed by atoms with Gasteiger partial charge in [0.25, 0.3) is 11.7 Å². The number of halogens is 1. The van der Waals surface area contributed by atoms with Crippen molar-refractivity contribution in [3.63, 3.8) is 0 Å². The van der Waals surface area contributed by atoms with E-state index >= 15 is 0 Å². The molecule has 7 nitrogen and oxygen atoms in total. The first-order valence-electron chi connectivity index (χ1n) is 8.52. The Kier molecular flexibility index (Phi) is 4.24. The van der Waals surface area contributed by atoms with Crippen molar-refractivity contribution < 1.29 is 4.79 Å². The number of fused-ring (bicyclic) bond motifs is 1. The average molecular weight is 371 g/mol. The van der Waals surface area contributed by atoms with E-state index in [0.29, 0.717) is 18.9 Å². The fourth-order valence-corrected chi connectivity index (χ4v) is 3.38. The summed E-state index contributed by atoms with van der Waals surface area (Å²) in [4.78, 5) is 25.2. The molecule has 2 aromatic heterocycles. The zero-order chi connectivity index (χ0) is 18.3. The highest BCUT2D eigenvalue weighted by atomic mass is 35.5. The summed E-state index contributed by atoms with van der Waals surface area (Å²) in [7, 11) is 0. The van der Waals surface area contributed by atoms with Gasteiger partial charge in [0.15, 0.2) is 0 Å². The molecule has 0 bridgehead atoms. The molecule has 4 rings (SSSR count). The lowest BCUT2D eigenvalue weighted by Crippen LogP contribution is -2.49. The Bertz CT molecular complexity index is 977. The average Bonchev–Trinajstić information content (AvgIpc) is 3.09. The minimum absolute atomic E-state index is 0.155. The van der Waals surface area contributed by atoms with Gasteiger partial charge in [0, 0.05) is 48.8 Å². The van der Waals surface area contributed by atoms with E-state index in [9.17, 15) is 4.79 Å². The molecule has 1 aromatic carbocycles. The summed E-state index contributed by atoms with van der Waals surface area (Å²) in [6.45, 7) is 6.71. The Labute approximate surface area is 156 Å². The van der Waals surface area contributed by atoms with Crippen LogP contribution in [-0.2, 0) is 0 Å². The van der Waals surface area contributed by atoms with Crippen LogP contribution in [0, 0.1) is 13.8 Å². The Balaban J connectivity index is 1.49. The first-order chi connectivity index (χ1) is 12.5. The fourth-order valence-electron chi connectivity index (χ4n) is 3.21. The smallest absolute Gasteiger partial charge is 0.293 e. The van der Waals surface area contributed by atoms with Gasteiger partial charge in [0.1, 0.15) is 0 Å². The summed E-state index contributed by atoms with van der Waals surface area (Å²) < 4.78 is 1.60. The molecular weight excluding hydrogens is 352 g/mol. The number of aryl methyl sites for hydroxylation is 2. The number of amides is 1. The van der Waals surface area contributed by atoms with Gasteiger partial charge < -0.3 is 9.80 Å². The molecule has 1 fully saturated rings. The van der Waals surface area contributed by atoms with E-state index < -0.39 is 0 Å². The zero-order valence-electron chi connectivity index (χ0n) is 14.7.